The summed E-state index contributed by atoms with van der Waals surface area (Å²) in [6.45, 7) is 2.56. The van der Waals surface area contributed by atoms with Gasteiger partial charge in [-0.25, -0.2) is 0 Å². The number of rotatable bonds is 5. The topological polar surface area (TPSA) is 38.7 Å². The average Bonchev–Trinajstić information content (AvgIpc) is 2.88. The van der Waals surface area contributed by atoms with Crippen LogP contribution in [0.15, 0.2) is 18.2 Å². The van der Waals surface area contributed by atoms with E-state index in [2.05, 4.69) is 0 Å². The van der Waals surface area contributed by atoms with Crippen LogP contribution in [0.2, 0.25) is 5.02 Å². The Morgan fingerprint density at radius 1 is 1.37 bits per heavy atom. The van der Waals surface area contributed by atoms with E-state index in [4.69, 9.17) is 21.1 Å². The van der Waals surface area contributed by atoms with E-state index in [-0.39, 0.29) is 0 Å². The number of methoxy groups -OCH3 is 1. The molecule has 106 valence electrons. The second-order valence-electron chi connectivity index (χ2n) is 4.99. The zero-order chi connectivity index (χ0) is 13.9. The van der Waals surface area contributed by atoms with Crippen molar-refractivity contribution in [3.8, 4) is 5.75 Å². The molecule has 1 aliphatic rings. The molecular weight excluding hydrogens is 264 g/mol. The van der Waals surface area contributed by atoms with Crippen molar-refractivity contribution >= 4 is 11.6 Å². The number of ether oxygens (including phenoxy) is 2. The highest BCUT2D eigenvalue weighted by Crippen LogP contribution is 2.45. The number of halogens is 1. The number of hydrogen-bond donors (Lipinski definition) is 1. The lowest BCUT2D eigenvalue weighted by molar-refractivity contribution is -0.119. The van der Waals surface area contributed by atoms with Crippen LogP contribution in [0.25, 0.3) is 0 Å². The van der Waals surface area contributed by atoms with Crippen molar-refractivity contribution in [1.82, 2.24) is 0 Å². The first-order valence-corrected chi connectivity index (χ1v) is 7.16. The molecule has 4 heteroatoms. The van der Waals surface area contributed by atoms with Gasteiger partial charge in [0.2, 0.25) is 0 Å². The van der Waals surface area contributed by atoms with E-state index < -0.39 is 11.7 Å². The number of benzene rings is 1. The molecule has 3 nitrogen and oxygen atoms in total. The van der Waals surface area contributed by atoms with Gasteiger partial charge in [0.05, 0.1) is 12.7 Å². The molecule has 1 N–H and O–H groups in total. The maximum Gasteiger partial charge on any atom is 0.124 e. The summed E-state index contributed by atoms with van der Waals surface area (Å²) in [4.78, 5) is 0. The van der Waals surface area contributed by atoms with Gasteiger partial charge in [-0.15, -0.1) is 0 Å². The molecule has 1 atom stereocenters. The maximum absolute atomic E-state index is 10.8. The Labute approximate surface area is 119 Å². The quantitative estimate of drug-likeness (QED) is 0.895. The van der Waals surface area contributed by atoms with Crippen molar-refractivity contribution in [2.75, 3.05) is 13.7 Å². The van der Waals surface area contributed by atoms with Crippen LogP contribution in [0, 0.1) is 0 Å². The molecule has 0 aromatic heterocycles. The van der Waals surface area contributed by atoms with E-state index in [0.29, 0.717) is 22.9 Å². The van der Waals surface area contributed by atoms with Crippen LogP contribution in [0.3, 0.4) is 0 Å². The molecule has 1 aromatic rings. The first-order chi connectivity index (χ1) is 9.13. The Morgan fingerprint density at radius 2 is 2.05 bits per heavy atom. The molecule has 1 fully saturated rings. The Bertz CT molecular complexity index is 427. The lowest BCUT2D eigenvalue weighted by Gasteiger charge is -2.35. The fourth-order valence-corrected chi connectivity index (χ4v) is 3.14. The van der Waals surface area contributed by atoms with E-state index >= 15 is 0 Å². The second kappa shape index (κ2) is 6.12. The average molecular weight is 285 g/mol. The van der Waals surface area contributed by atoms with Crippen molar-refractivity contribution < 1.29 is 14.6 Å². The van der Waals surface area contributed by atoms with Gasteiger partial charge in [0.25, 0.3) is 0 Å². The maximum atomic E-state index is 10.8. The minimum absolute atomic E-state index is 0.493. The van der Waals surface area contributed by atoms with E-state index in [1.54, 1.807) is 25.3 Å². The summed E-state index contributed by atoms with van der Waals surface area (Å²) in [6, 6.07) is 5.32. The van der Waals surface area contributed by atoms with E-state index in [9.17, 15) is 5.11 Å². The first-order valence-electron chi connectivity index (χ1n) is 6.78. The molecule has 1 saturated carbocycles. The van der Waals surface area contributed by atoms with Crippen LogP contribution in [0.1, 0.15) is 44.3 Å². The monoisotopic (exact) mass is 284 g/mol. The summed E-state index contributed by atoms with van der Waals surface area (Å²) < 4.78 is 11.2. The molecule has 19 heavy (non-hydrogen) atoms. The third kappa shape index (κ3) is 2.88. The molecule has 1 aliphatic carbocycles. The fraction of sp³-hybridized carbons (Fsp3) is 0.600. The Balaban J connectivity index is 2.36. The predicted octanol–water partition coefficient (Wildman–Crippen LogP) is 3.73. The van der Waals surface area contributed by atoms with Crippen molar-refractivity contribution in [3.05, 3.63) is 28.8 Å². The molecule has 0 aliphatic heterocycles. The summed E-state index contributed by atoms with van der Waals surface area (Å²) in [5.41, 5.74) is 0.220. The molecule has 2 rings (SSSR count). The molecule has 0 amide bonds. The van der Waals surface area contributed by atoms with Crippen molar-refractivity contribution in [2.24, 2.45) is 0 Å². The van der Waals surface area contributed by atoms with Crippen LogP contribution in [-0.4, -0.2) is 24.4 Å². The van der Waals surface area contributed by atoms with Crippen LogP contribution in [0.4, 0.5) is 0 Å². The lowest BCUT2D eigenvalue weighted by atomic mass is 9.88. The lowest BCUT2D eigenvalue weighted by Crippen LogP contribution is -2.36. The van der Waals surface area contributed by atoms with Crippen molar-refractivity contribution in [1.29, 1.82) is 0 Å². The zero-order valence-corrected chi connectivity index (χ0v) is 12.2. The van der Waals surface area contributed by atoms with E-state index in [0.717, 1.165) is 25.7 Å². The van der Waals surface area contributed by atoms with Gasteiger partial charge in [-0.1, -0.05) is 24.4 Å². The molecule has 0 heterocycles. The second-order valence-corrected chi connectivity index (χ2v) is 5.43. The summed E-state index contributed by atoms with van der Waals surface area (Å²) in [7, 11) is 1.60. The van der Waals surface area contributed by atoms with Crippen molar-refractivity contribution in [2.45, 2.75) is 44.3 Å². The van der Waals surface area contributed by atoms with Crippen LogP contribution >= 0.6 is 11.6 Å². The number of aliphatic hydroxyl groups excluding tert-OH is 1. The van der Waals surface area contributed by atoms with Crippen LogP contribution < -0.4 is 4.74 Å². The highest BCUT2D eigenvalue weighted by molar-refractivity contribution is 6.30. The largest absolute Gasteiger partial charge is 0.496 e. The highest BCUT2D eigenvalue weighted by atomic mass is 35.5. The summed E-state index contributed by atoms with van der Waals surface area (Å²) in [5, 5.41) is 11.4. The minimum Gasteiger partial charge on any atom is -0.496 e. The Morgan fingerprint density at radius 3 is 2.63 bits per heavy atom. The molecular formula is C15H21ClO3. The highest BCUT2D eigenvalue weighted by Gasteiger charge is 2.43. The van der Waals surface area contributed by atoms with Gasteiger partial charge in [0.1, 0.15) is 11.9 Å². The molecule has 0 bridgehead atoms. The molecule has 0 radical (unpaired) electrons. The van der Waals surface area contributed by atoms with Gasteiger partial charge < -0.3 is 14.6 Å². The predicted molar refractivity (Wildman–Crippen MR) is 75.8 cm³/mol. The summed E-state index contributed by atoms with van der Waals surface area (Å²) in [5.74, 6) is 0.655. The van der Waals surface area contributed by atoms with Crippen LogP contribution in [-0.2, 0) is 4.74 Å². The van der Waals surface area contributed by atoms with E-state index in [1.807, 2.05) is 6.92 Å². The zero-order valence-electron chi connectivity index (χ0n) is 11.5. The van der Waals surface area contributed by atoms with E-state index in [1.165, 1.54) is 0 Å². The minimum atomic E-state index is -0.705. The van der Waals surface area contributed by atoms with Gasteiger partial charge in [0, 0.05) is 17.2 Å². The molecule has 1 unspecified atom stereocenters. The van der Waals surface area contributed by atoms with Gasteiger partial charge in [-0.2, -0.15) is 0 Å². The molecule has 0 saturated heterocycles. The molecule has 0 spiro atoms. The third-order valence-corrected chi connectivity index (χ3v) is 4.10. The van der Waals surface area contributed by atoms with Crippen molar-refractivity contribution in [3.63, 3.8) is 0 Å². The standard InChI is InChI=1S/C15H21ClO3/c1-3-19-15(8-4-5-9-15)14(17)12-10-11(16)6-7-13(12)18-2/h6-7,10,14,17H,3-5,8-9H2,1-2H3. The number of aliphatic hydroxyl groups is 1. The first kappa shape index (κ1) is 14.6. The number of hydrogen-bond acceptors (Lipinski definition) is 3. The van der Waals surface area contributed by atoms with Gasteiger partial charge in [-0.3, -0.25) is 0 Å². The Kier molecular flexibility index (Phi) is 4.71. The van der Waals surface area contributed by atoms with Gasteiger partial charge in [0.15, 0.2) is 0 Å². The smallest absolute Gasteiger partial charge is 0.124 e. The summed E-state index contributed by atoms with van der Waals surface area (Å²) in [6.07, 6.45) is 3.21. The normalized spacial score (nSPS) is 19.4. The molecule has 1 aromatic carbocycles. The fourth-order valence-electron chi connectivity index (χ4n) is 2.96. The summed E-state index contributed by atoms with van der Waals surface area (Å²) >= 11 is 6.04. The SMILES string of the molecule is CCOC1(C(O)c2cc(Cl)ccc2OC)CCCC1. The Hall–Kier alpha value is -0.770. The van der Waals surface area contributed by atoms with Gasteiger partial charge >= 0.3 is 0 Å². The van der Waals surface area contributed by atoms with Crippen LogP contribution in [0.5, 0.6) is 5.75 Å². The van der Waals surface area contributed by atoms with Gasteiger partial charge in [-0.05, 0) is 38.0 Å². The third-order valence-electron chi connectivity index (χ3n) is 3.87.